The molecule has 2 heterocycles. The molecule has 0 saturated heterocycles. The average Bonchev–Trinajstić information content (AvgIpc) is 3.26. The molecule has 1 aromatic heterocycles. The van der Waals surface area contributed by atoms with E-state index >= 15 is 0 Å². The Hall–Kier alpha value is -3.68. The van der Waals surface area contributed by atoms with Crippen LogP contribution in [0.15, 0.2) is 48.5 Å². The van der Waals surface area contributed by atoms with Gasteiger partial charge < -0.3 is 15.5 Å². The van der Waals surface area contributed by atoms with Crippen LogP contribution < -0.4 is 15.5 Å². The molecule has 3 N–H and O–H groups in total. The van der Waals surface area contributed by atoms with Crippen LogP contribution in [0.3, 0.4) is 0 Å². The van der Waals surface area contributed by atoms with Crippen LogP contribution in [0.1, 0.15) is 53.8 Å². The summed E-state index contributed by atoms with van der Waals surface area (Å²) in [6.45, 7) is 2.48. The molecule has 8 heteroatoms. The third-order valence-electron chi connectivity index (χ3n) is 5.87. The molecule has 0 saturated carbocycles. The zero-order valence-corrected chi connectivity index (χ0v) is 19.1. The van der Waals surface area contributed by atoms with Gasteiger partial charge in [-0.1, -0.05) is 56.2 Å². The van der Waals surface area contributed by atoms with Gasteiger partial charge in [0, 0.05) is 20.0 Å². The summed E-state index contributed by atoms with van der Waals surface area (Å²) in [6, 6.07) is 15.3. The van der Waals surface area contributed by atoms with Crippen LogP contribution in [-0.2, 0) is 17.6 Å². The normalized spacial score (nSPS) is 15.5. The Morgan fingerprint density at radius 2 is 1.97 bits per heavy atom. The van der Waals surface area contributed by atoms with E-state index in [9.17, 15) is 9.59 Å². The molecule has 0 aliphatic carbocycles. The SMILES string of the molecule is CCCCCc1ccc2c(c1)N(C)C(=O)[C@@H](NC(=O)c1n[nH]c(Cc3ccccc3)n1)CN2. The first-order chi connectivity index (χ1) is 16.0. The van der Waals surface area contributed by atoms with E-state index in [1.54, 1.807) is 11.9 Å². The molecular weight excluding hydrogens is 416 g/mol. The summed E-state index contributed by atoms with van der Waals surface area (Å²) >= 11 is 0. The number of nitrogens with one attached hydrogen (secondary N) is 3. The highest BCUT2D eigenvalue weighted by Crippen LogP contribution is 2.30. The molecule has 1 aliphatic heterocycles. The third kappa shape index (κ3) is 5.39. The molecule has 0 fully saturated rings. The molecule has 8 nitrogen and oxygen atoms in total. The predicted octanol–water partition coefficient (Wildman–Crippen LogP) is 3.32. The maximum absolute atomic E-state index is 13.1. The number of carbonyl (C=O) groups is 2. The Bertz CT molecular complexity index is 1110. The second-order valence-electron chi connectivity index (χ2n) is 8.38. The van der Waals surface area contributed by atoms with E-state index in [0.29, 0.717) is 18.8 Å². The summed E-state index contributed by atoms with van der Waals surface area (Å²) in [6.07, 6.45) is 5.02. The van der Waals surface area contributed by atoms with Gasteiger partial charge >= 0.3 is 0 Å². The molecule has 1 aliphatic rings. The van der Waals surface area contributed by atoms with Gasteiger partial charge in [0.15, 0.2) is 0 Å². The number of benzene rings is 2. The van der Waals surface area contributed by atoms with Crippen molar-refractivity contribution in [1.29, 1.82) is 0 Å². The zero-order valence-electron chi connectivity index (χ0n) is 19.1. The largest absolute Gasteiger partial charge is 0.381 e. The van der Waals surface area contributed by atoms with Crippen LogP contribution in [0.25, 0.3) is 0 Å². The first kappa shape index (κ1) is 22.5. The van der Waals surface area contributed by atoms with E-state index < -0.39 is 11.9 Å². The first-order valence-electron chi connectivity index (χ1n) is 11.5. The smallest absolute Gasteiger partial charge is 0.291 e. The van der Waals surface area contributed by atoms with Crippen LogP contribution >= 0.6 is 0 Å². The van der Waals surface area contributed by atoms with Crippen molar-refractivity contribution in [2.24, 2.45) is 0 Å². The van der Waals surface area contributed by atoms with Crippen molar-refractivity contribution in [3.05, 3.63) is 71.3 Å². The van der Waals surface area contributed by atoms with Crippen LogP contribution in [-0.4, -0.2) is 46.6 Å². The number of aryl methyl sites for hydroxylation is 1. The monoisotopic (exact) mass is 446 g/mol. The standard InChI is InChI=1S/C25H30N6O2/c1-3-4-6-9-18-12-13-19-21(14-18)31(2)25(33)20(16-26-19)27-24(32)23-28-22(29-30-23)15-17-10-7-5-8-11-17/h5,7-8,10-14,20,26H,3-4,6,9,15-16H2,1-2H3,(H,27,32)(H,28,29,30)/t20-/m0/s1. The summed E-state index contributed by atoms with van der Waals surface area (Å²) in [5.41, 5.74) is 3.98. The van der Waals surface area contributed by atoms with E-state index in [0.717, 1.165) is 29.8 Å². The first-order valence-corrected chi connectivity index (χ1v) is 11.5. The summed E-state index contributed by atoms with van der Waals surface area (Å²) in [5, 5.41) is 12.9. The van der Waals surface area contributed by atoms with Crippen molar-refractivity contribution in [1.82, 2.24) is 20.5 Å². The van der Waals surface area contributed by atoms with Crippen LogP contribution in [0.2, 0.25) is 0 Å². The average molecular weight is 447 g/mol. The topological polar surface area (TPSA) is 103 Å². The Kier molecular flexibility index (Phi) is 7.02. The summed E-state index contributed by atoms with van der Waals surface area (Å²) < 4.78 is 0. The number of rotatable bonds is 8. The number of aromatic amines is 1. The molecule has 1 atom stereocenters. The maximum atomic E-state index is 13.1. The second-order valence-corrected chi connectivity index (χ2v) is 8.38. The lowest BCUT2D eigenvalue weighted by atomic mass is 10.1. The molecule has 3 aromatic rings. The predicted molar refractivity (Wildman–Crippen MR) is 128 cm³/mol. The number of fused-ring (bicyclic) bond motifs is 1. The van der Waals surface area contributed by atoms with E-state index in [1.807, 2.05) is 36.4 Å². The number of unbranched alkanes of at least 4 members (excludes halogenated alkanes) is 2. The highest BCUT2D eigenvalue weighted by molar-refractivity contribution is 6.04. The molecule has 0 spiro atoms. The van der Waals surface area contributed by atoms with Crippen molar-refractivity contribution in [3.8, 4) is 0 Å². The van der Waals surface area contributed by atoms with E-state index in [1.165, 1.54) is 18.4 Å². The fourth-order valence-electron chi connectivity index (χ4n) is 3.99. The van der Waals surface area contributed by atoms with Crippen molar-refractivity contribution in [3.63, 3.8) is 0 Å². The number of nitrogens with zero attached hydrogens (tertiary/aromatic N) is 3. The number of anilines is 2. The molecule has 33 heavy (non-hydrogen) atoms. The molecule has 2 aromatic carbocycles. The van der Waals surface area contributed by atoms with E-state index in [4.69, 9.17) is 0 Å². The van der Waals surface area contributed by atoms with Crippen LogP contribution in [0.5, 0.6) is 0 Å². The Labute approximate surface area is 193 Å². The third-order valence-corrected chi connectivity index (χ3v) is 5.87. The Morgan fingerprint density at radius 1 is 1.15 bits per heavy atom. The highest BCUT2D eigenvalue weighted by Gasteiger charge is 2.30. The maximum Gasteiger partial charge on any atom is 0.291 e. The Balaban J connectivity index is 1.41. The number of H-pyrrole nitrogens is 1. The molecule has 0 unspecified atom stereocenters. The van der Waals surface area contributed by atoms with E-state index in [2.05, 4.69) is 44.9 Å². The summed E-state index contributed by atoms with van der Waals surface area (Å²) in [5.74, 6) is -0.0428. The van der Waals surface area contributed by atoms with Gasteiger partial charge in [-0.3, -0.25) is 14.7 Å². The van der Waals surface area contributed by atoms with Gasteiger partial charge in [0.2, 0.25) is 5.82 Å². The molecule has 0 radical (unpaired) electrons. The number of amides is 2. The van der Waals surface area contributed by atoms with Crippen molar-refractivity contribution >= 4 is 23.2 Å². The molecule has 2 amide bonds. The molecular formula is C25H30N6O2. The van der Waals surface area contributed by atoms with Crippen molar-refractivity contribution in [2.75, 3.05) is 23.8 Å². The van der Waals surface area contributed by atoms with Gasteiger partial charge in [-0.05, 0) is 36.1 Å². The Morgan fingerprint density at radius 3 is 2.76 bits per heavy atom. The van der Waals surface area contributed by atoms with Gasteiger partial charge in [-0.15, -0.1) is 5.10 Å². The molecule has 172 valence electrons. The zero-order chi connectivity index (χ0) is 23.2. The minimum Gasteiger partial charge on any atom is -0.381 e. The molecule has 0 bridgehead atoms. The fraction of sp³-hybridized carbons (Fsp3) is 0.360. The fourth-order valence-corrected chi connectivity index (χ4v) is 3.99. The van der Waals surface area contributed by atoms with Gasteiger partial charge in [-0.2, -0.15) is 0 Å². The lowest BCUT2D eigenvalue weighted by Crippen LogP contribution is -2.49. The number of carbonyl (C=O) groups excluding carboxylic acids is 2. The minimum absolute atomic E-state index is 0.0244. The van der Waals surface area contributed by atoms with Gasteiger partial charge in [-0.25, -0.2) is 4.98 Å². The van der Waals surface area contributed by atoms with Crippen molar-refractivity contribution in [2.45, 2.75) is 45.1 Å². The quantitative estimate of drug-likeness (QED) is 0.461. The summed E-state index contributed by atoms with van der Waals surface area (Å²) in [7, 11) is 1.74. The second kappa shape index (κ2) is 10.3. The summed E-state index contributed by atoms with van der Waals surface area (Å²) in [4.78, 5) is 31.8. The molecule has 4 rings (SSSR count). The van der Waals surface area contributed by atoms with E-state index in [-0.39, 0.29) is 11.7 Å². The van der Waals surface area contributed by atoms with Crippen LogP contribution in [0.4, 0.5) is 11.4 Å². The van der Waals surface area contributed by atoms with Gasteiger partial charge in [0.05, 0.1) is 11.4 Å². The lowest BCUT2D eigenvalue weighted by Gasteiger charge is -2.21. The van der Waals surface area contributed by atoms with Crippen LogP contribution in [0, 0.1) is 0 Å². The number of hydrogen-bond donors (Lipinski definition) is 3. The van der Waals surface area contributed by atoms with Crippen molar-refractivity contribution < 1.29 is 9.59 Å². The van der Waals surface area contributed by atoms with Gasteiger partial charge in [0.1, 0.15) is 11.9 Å². The number of hydrogen-bond acceptors (Lipinski definition) is 5. The number of likely N-dealkylation sites (N-methyl/N-ethyl adjacent to an activating group) is 1. The van der Waals surface area contributed by atoms with Gasteiger partial charge in [0.25, 0.3) is 11.8 Å². The highest BCUT2D eigenvalue weighted by atomic mass is 16.2. The number of aromatic nitrogens is 3. The minimum atomic E-state index is -0.727. The lowest BCUT2D eigenvalue weighted by molar-refractivity contribution is -0.119.